The van der Waals surface area contributed by atoms with Gasteiger partial charge in [0.25, 0.3) is 0 Å². The molecule has 0 bridgehead atoms. The highest BCUT2D eigenvalue weighted by atomic mass is 16.7. The quantitative estimate of drug-likeness (QED) is 0.774. The minimum atomic E-state index is -0.186. The molecule has 0 aliphatic heterocycles. The molecule has 0 heterocycles. The van der Waals surface area contributed by atoms with E-state index in [-0.39, 0.29) is 11.6 Å². The molecule has 1 aromatic carbocycles. The second-order valence-corrected chi connectivity index (χ2v) is 5.66. The number of aryl methyl sites for hydroxylation is 1. The van der Waals surface area contributed by atoms with E-state index >= 15 is 0 Å². The van der Waals surface area contributed by atoms with Crippen LogP contribution in [0, 0.1) is 0 Å². The third-order valence-corrected chi connectivity index (χ3v) is 2.95. The summed E-state index contributed by atoms with van der Waals surface area (Å²) in [5.74, 6) is 0.348. The number of benzene rings is 1. The first-order valence-electron chi connectivity index (χ1n) is 6.21. The Balaban J connectivity index is 2.12. The van der Waals surface area contributed by atoms with Crippen LogP contribution in [0.3, 0.4) is 0 Å². The maximum absolute atomic E-state index is 9.48. The molecule has 0 aromatic heterocycles. The zero-order valence-corrected chi connectivity index (χ0v) is 10.8. The van der Waals surface area contributed by atoms with Crippen molar-refractivity contribution in [1.82, 2.24) is 5.48 Å². The third kappa shape index (κ3) is 3.20. The van der Waals surface area contributed by atoms with Crippen LogP contribution >= 0.6 is 0 Å². The average molecular weight is 235 g/mol. The number of hydrogen-bond donors (Lipinski definition) is 2. The van der Waals surface area contributed by atoms with Crippen LogP contribution in [0.4, 0.5) is 0 Å². The summed E-state index contributed by atoms with van der Waals surface area (Å²) in [6.07, 6.45) is 3.24. The number of hydrogen-bond acceptors (Lipinski definition) is 3. The van der Waals surface area contributed by atoms with Gasteiger partial charge in [0, 0.05) is 0 Å². The van der Waals surface area contributed by atoms with Crippen LogP contribution in [0.15, 0.2) is 18.2 Å². The summed E-state index contributed by atoms with van der Waals surface area (Å²) in [6, 6.07) is 5.84. The van der Waals surface area contributed by atoms with Crippen LogP contribution in [0.25, 0.3) is 0 Å². The minimum absolute atomic E-state index is 0.186. The molecule has 3 nitrogen and oxygen atoms in total. The van der Waals surface area contributed by atoms with Crippen molar-refractivity contribution in [3.05, 3.63) is 29.3 Å². The van der Waals surface area contributed by atoms with Crippen LogP contribution in [0.2, 0.25) is 0 Å². The summed E-state index contributed by atoms with van der Waals surface area (Å²) in [5.41, 5.74) is 5.45. The largest absolute Gasteiger partial charge is 0.508 e. The summed E-state index contributed by atoms with van der Waals surface area (Å²) in [4.78, 5) is 5.64. The van der Waals surface area contributed by atoms with E-state index in [0.717, 1.165) is 19.3 Å². The van der Waals surface area contributed by atoms with Gasteiger partial charge in [0.15, 0.2) is 0 Å². The number of hydroxylamine groups is 1. The van der Waals surface area contributed by atoms with Crippen LogP contribution in [-0.4, -0.2) is 10.7 Å². The number of rotatable bonds is 2. The van der Waals surface area contributed by atoms with Gasteiger partial charge >= 0.3 is 0 Å². The molecule has 0 fully saturated rings. The van der Waals surface area contributed by atoms with Gasteiger partial charge in [-0.1, -0.05) is 6.07 Å². The molecule has 0 radical (unpaired) electrons. The molecule has 3 heteroatoms. The van der Waals surface area contributed by atoms with Crippen LogP contribution in [-0.2, 0) is 11.3 Å². The highest BCUT2D eigenvalue weighted by molar-refractivity contribution is 5.38. The lowest BCUT2D eigenvalue weighted by molar-refractivity contribution is -0.0911. The van der Waals surface area contributed by atoms with Crippen LogP contribution < -0.4 is 5.48 Å². The standard InChI is InChI=1S/C14H21NO2/c1-14(2,3)17-15-13-6-4-5-10-9-11(16)7-8-12(10)13/h7-9,13,15-16H,4-6H2,1-3H3. The topological polar surface area (TPSA) is 41.5 Å². The number of fused-ring (bicyclic) bond motifs is 1. The van der Waals surface area contributed by atoms with Crippen molar-refractivity contribution < 1.29 is 9.94 Å². The molecule has 1 unspecified atom stereocenters. The van der Waals surface area contributed by atoms with E-state index in [9.17, 15) is 5.11 Å². The van der Waals surface area contributed by atoms with E-state index in [2.05, 4.69) is 5.48 Å². The number of phenolic OH excluding ortho intramolecular Hbond substituents is 1. The van der Waals surface area contributed by atoms with Gasteiger partial charge in [0.2, 0.25) is 0 Å². The molecular weight excluding hydrogens is 214 g/mol. The molecule has 0 saturated carbocycles. The number of phenols is 1. The Hall–Kier alpha value is -1.06. The smallest absolute Gasteiger partial charge is 0.115 e. The van der Waals surface area contributed by atoms with Crippen molar-refractivity contribution in [1.29, 1.82) is 0 Å². The second-order valence-electron chi connectivity index (χ2n) is 5.66. The zero-order chi connectivity index (χ0) is 12.5. The molecule has 1 aliphatic rings. The zero-order valence-electron chi connectivity index (χ0n) is 10.8. The molecule has 0 spiro atoms. The predicted molar refractivity (Wildman–Crippen MR) is 67.8 cm³/mol. The predicted octanol–water partition coefficient (Wildman–Crippen LogP) is 3.09. The van der Waals surface area contributed by atoms with Crippen LogP contribution in [0.1, 0.15) is 50.8 Å². The van der Waals surface area contributed by atoms with Gasteiger partial charge < -0.3 is 5.11 Å². The Kier molecular flexibility index (Phi) is 3.40. The lowest BCUT2D eigenvalue weighted by atomic mass is 9.88. The molecule has 1 aliphatic carbocycles. The maximum atomic E-state index is 9.48. The molecule has 0 saturated heterocycles. The Labute approximate surface area is 103 Å². The van der Waals surface area contributed by atoms with E-state index in [4.69, 9.17) is 4.84 Å². The van der Waals surface area contributed by atoms with E-state index in [1.165, 1.54) is 11.1 Å². The molecule has 94 valence electrons. The van der Waals surface area contributed by atoms with Gasteiger partial charge in [-0.15, -0.1) is 0 Å². The number of nitrogens with one attached hydrogen (secondary N) is 1. The summed E-state index contributed by atoms with van der Waals surface area (Å²) >= 11 is 0. The SMILES string of the molecule is CC(C)(C)ONC1CCCc2cc(O)ccc21. The van der Waals surface area contributed by atoms with Gasteiger partial charge in [0.1, 0.15) is 5.75 Å². The maximum Gasteiger partial charge on any atom is 0.115 e. The van der Waals surface area contributed by atoms with Crippen molar-refractivity contribution in [3.8, 4) is 5.75 Å². The van der Waals surface area contributed by atoms with Crippen molar-refractivity contribution in [2.45, 2.75) is 51.7 Å². The van der Waals surface area contributed by atoms with Crippen molar-refractivity contribution in [3.63, 3.8) is 0 Å². The first kappa shape index (κ1) is 12.4. The summed E-state index contributed by atoms with van der Waals surface area (Å²) in [7, 11) is 0. The van der Waals surface area contributed by atoms with Crippen molar-refractivity contribution >= 4 is 0 Å². The van der Waals surface area contributed by atoms with Crippen molar-refractivity contribution in [2.24, 2.45) is 0 Å². The van der Waals surface area contributed by atoms with E-state index in [1.807, 2.05) is 32.9 Å². The molecule has 2 N–H and O–H groups in total. The normalized spacial score (nSPS) is 20.1. The van der Waals surface area contributed by atoms with Gasteiger partial charge in [0.05, 0.1) is 11.6 Å². The fraction of sp³-hybridized carbons (Fsp3) is 0.571. The van der Waals surface area contributed by atoms with Gasteiger partial charge in [-0.3, -0.25) is 4.84 Å². The summed E-state index contributed by atoms with van der Waals surface area (Å²) in [5, 5.41) is 9.48. The van der Waals surface area contributed by atoms with Gasteiger partial charge in [-0.25, -0.2) is 0 Å². The number of aromatic hydroxyl groups is 1. The molecule has 2 rings (SSSR count). The first-order chi connectivity index (χ1) is 7.96. The van der Waals surface area contributed by atoms with Gasteiger partial charge in [-0.2, -0.15) is 5.48 Å². The summed E-state index contributed by atoms with van der Waals surface area (Å²) < 4.78 is 0. The lowest BCUT2D eigenvalue weighted by Crippen LogP contribution is -2.33. The molecule has 0 amide bonds. The third-order valence-electron chi connectivity index (χ3n) is 2.95. The van der Waals surface area contributed by atoms with E-state index in [0.29, 0.717) is 5.75 Å². The fourth-order valence-corrected chi connectivity index (χ4v) is 2.17. The lowest BCUT2D eigenvalue weighted by Gasteiger charge is -2.29. The Bertz CT molecular complexity index is 396. The highest BCUT2D eigenvalue weighted by Gasteiger charge is 2.22. The highest BCUT2D eigenvalue weighted by Crippen LogP contribution is 2.32. The molecular formula is C14H21NO2. The molecule has 1 aromatic rings. The summed E-state index contributed by atoms with van der Waals surface area (Å²) in [6.45, 7) is 6.08. The second kappa shape index (κ2) is 4.67. The Morgan fingerprint density at radius 1 is 1.35 bits per heavy atom. The first-order valence-corrected chi connectivity index (χ1v) is 6.21. The monoisotopic (exact) mass is 235 g/mol. The van der Waals surface area contributed by atoms with E-state index < -0.39 is 0 Å². The molecule has 17 heavy (non-hydrogen) atoms. The van der Waals surface area contributed by atoms with Gasteiger partial charge in [-0.05, 0) is 63.3 Å². The molecule has 1 atom stereocenters. The van der Waals surface area contributed by atoms with Crippen LogP contribution in [0.5, 0.6) is 5.75 Å². The average Bonchev–Trinajstić information content (AvgIpc) is 2.24. The van der Waals surface area contributed by atoms with E-state index in [1.54, 1.807) is 6.07 Å². The minimum Gasteiger partial charge on any atom is -0.508 e. The Morgan fingerprint density at radius 3 is 2.82 bits per heavy atom. The Morgan fingerprint density at radius 2 is 2.12 bits per heavy atom. The fourth-order valence-electron chi connectivity index (χ4n) is 2.17. The van der Waals surface area contributed by atoms with Crippen molar-refractivity contribution in [2.75, 3.05) is 0 Å².